The van der Waals surface area contributed by atoms with Gasteiger partial charge < -0.3 is 20.1 Å². The molecule has 2 N–H and O–H groups in total. The summed E-state index contributed by atoms with van der Waals surface area (Å²) in [4.78, 5) is 39.2. The standard InChI is InChI=1S/C25H31N3O5/c1-5-13-32-20-12-11-19(15-21(20)33-14-6-2)26-22(29)16-28-23(30)25(4,27-24(28)31)18-9-7-17(3)8-10-18/h7-12,15H,5-6,13-14,16H2,1-4H3,(H,26,29)(H,27,31). The highest BCUT2D eigenvalue weighted by Crippen LogP contribution is 2.32. The summed E-state index contributed by atoms with van der Waals surface area (Å²) < 4.78 is 11.5. The number of imide groups is 1. The van der Waals surface area contributed by atoms with Gasteiger partial charge in [-0.05, 0) is 44.4 Å². The number of benzene rings is 2. The zero-order valence-electron chi connectivity index (χ0n) is 19.6. The molecule has 33 heavy (non-hydrogen) atoms. The molecule has 8 nitrogen and oxygen atoms in total. The zero-order chi connectivity index (χ0) is 24.0. The Balaban J connectivity index is 1.70. The number of nitrogens with zero attached hydrogens (tertiary/aromatic N) is 1. The first kappa shape index (κ1) is 24.1. The van der Waals surface area contributed by atoms with Crippen molar-refractivity contribution in [2.75, 3.05) is 25.1 Å². The predicted molar refractivity (Wildman–Crippen MR) is 125 cm³/mol. The van der Waals surface area contributed by atoms with Gasteiger partial charge in [-0.2, -0.15) is 0 Å². The first-order valence-electron chi connectivity index (χ1n) is 11.2. The van der Waals surface area contributed by atoms with Crippen molar-refractivity contribution in [3.8, 4) is 11.5 Å². The van der Waals surface area contributed by atoms with Gasteiger partial charge in [0, 0.05) is 11.8 Å². The molecular formula is C25H31N3O5. The second-order valence-electron chi connectivity index (χ2n) is 8.22. The summed E-state index contributed by atoms with van der Waals surface area (Å²) in [5.74, 6) is 0.174. The van der Waals surface area contributed by atoms with Crippen molar-refractivity contribution < 1.29 is 23.9 Å². The molecule has 1 heterocycles. The normalized spacial score (nSPS) is 17.6. The number of aryl methyl sites for hydroxylation is 1. The quantitative estimate of drug-likeness (QED) is 0.531. The fourth-order valence-corrected chi connectivity index (χ4v) is 3.51. The average Bonchev–Trinajstić information content (AvgIpc) is 3.01. The van der Waals surface area contributed by atoms with E-state index < -0.39 is 29.9 Å². The van der Waals surface area contributed by atoms with Crippen LogP contribution in [0.4, 0.5) is 10.5 Å². The molecule has 0 saturated carbocycles. The Kier molecular flexibility index (Phi) is 7.58. The Morgan fingerprint density at radius 2 is 1.64 bits per heavy atom. The third-order valence-electron chi connectivity index (χ3n) is 5.36. The van der Waals surface area contributed by atoms with Gasteiger partial charge in [-0.3, -0.25) is 14.5 Å². The summed E-state index contributed by atoms with van der Waals surface area (Å²) in [5, 5.41) is 5.45. The first-order valence-corrected chi connectivity index (χ1v) is 11.2. The SMILES string of the molecule is CCCOc1ccc(NC(=O)CN2C(=O)NC(C)(c3ccc(C)cc3)C2=O)cc1OCCC. The second-order valence-corrected chi connectivity index (χ2v) is 8.22. The van der Waals surface area contributed by atoms with E-state index in [1.807, 2.05) is 32.9 Å². The van der Waals surface area contributed by atoms with Gasteiger partial charge in [0.05, 0.1) is 13.2 Å². The number of nitrogens with one attached hydrogen (secondary N) is 2. The van der Waals surface area contributed by atoms with Gasteiger partial charge in [-0.15, -0.1) is 0 Å². The summed E-state index contributed by atoms with van der Waals surface area (Å²) in [6, 6.07) is 11.9. The number of carbonyl (C=O) groups is 3. The van der Waals surface area contributed by atoms with Crippen LogP contribution in [-0.4, -0.2) is 42.5 Å². The molecule has 2 aromatic rings. The largest absolute Gasteiger partial charge is 0.490 e. The number of ether oxygens (including phenoxy) is 2. The van der Waals surface area contributed by atoms with Gasteiger partial charge in [-0.1, -0.05) is 43.7 Å². The van der Waals surface area contributed by atoms with E-state index in [9.17, 15) is 14.4 Å². The lowest BCUT2D eigenvalue weighted by atomic mass is 9.91. The fraction of sp³-hybridized carbons (Fsp3) is 0.400. The summed E-state index contributed by atoms with van der Waals surface area (Å²) in [5.41, 5.74) is 0.978. The summed E-state index contributed by atoms with van der Waals surface area (Å²) in [6.45, 7) is 8.27. The van der Waals surface area contributed by atoms with Crippen LogP contribution in [0.3, 0.4) is 0 Å². The number of carbonyl (C=O) groups excluding carboxylic acids is 3. The van der Waals surface area contributed by atoms with Crippen molar-refractivity contribution in [1.29, 1.82) is 0 Å². The molecule has 176 valence electrons. The molecule has 1 aliphatic rings. The van der Waals surface area contributed by atoms with E-state index in [1.54, 1.807) is 37.3 Å². The lowest BCUT2D eigenvalue weighted by molar-refractivity contribution is -0.133. The Bertz CT molecular complexity index is 1020. The van der Waals surface area contributed by atoms with Gasteiger partial charge in [-0.25, -0.2) is 4.79 Å². The molecule has 3 rings (SSSR count). The maximum Gasteiger partial charge on any atom is 0.325 e. The van der Waals surface area contributed by atoms with Crippen molar-refractivity contribution in [2.45, 2.75) is 46.1 Å². The summed E-state index contributed by atoms with van der Waals surface area (Å²) in [7, 11) is 0. The molecular weight excluding hydrogens is 422 g/mol. The molecule has 1 saturated heterocycles. The first-order chi connectivity index (χ1) is 15.8. The van der Waals surface area contributed by atoms with Crippen LogP contribution in [0.15, 0.2) is 42.5 Å². The molecule has 1 fully saturated rings. The van der Waals surface area contributed by atoms with E-state index >= 15 is 0 Å². The third-order valence-corrected chi connectivity index (χ3v) is 5.36. The molecule has 4 amide bonds. The van der Waals surface area contributed by atoms with Crippen molar-refractivity contribution in [3.05, 3.63) is 53.6 Å². The maximum atomic E-state index is 13.1. The number of rotatable bonds is 10. The molecule has 8 heteroatoms. The summed E-state index contributed by atoms with van der Waals surface area (Å²) >= 11 is 0. The highest BCUT2D eigenvalue weighted by atomic mass is 16.5. The molecule has 0 radical (unpaired) electrons. The van der Waals surface area contributed by atoms with Crippen LogP contribution < -0.4 is 20.1 Å². The number of amides is 4. The Hall–Kier alpha value is -3.55. The van der Waals surface area contributed by atoms with E-state index in [-0.39, 0.29) is 0 Å². The van der Waals surface area contributed by atoms with Crippen LogP contribution in [0.5, 0.6) is 11.5 Å². The van der Waals surface area contributed by atoms with Gasteiger partial charge in [0.1, 0.15) is 12.1 Å². The second kappa shape index (κ2) is 10.4. The van der Waals surface area contributed by atoms with E-state index in [1.165, 1.54) is 0 Å². The highest BCUT2D eigenvalue weighted by molar-refractivity contribution is 6.10. The minimum Gasteiger partial charge on any atom is -0.490 e. The molecule has 0 bridgehead atoms. The van der Waals surface area contributed by atoms with Crippen molar-refractivity contribution in [3.63, 3.8) is 0 Å². The Morgan fingerprint density at radius 1 is 1.00 bits per heavy atom. The third kappa shape index (κ3) is 5.45. The monoisotopic (exact) mass is 453 g/mol. The minimum absolute atomic E-state index is 0.397. The molecule has 0 aromatic heterocycles. The van der Waals surface area contributed by atoms with Crippen molar-refractivity contribution >= 4 is 23.5 Å². The smallest absolute Gasteiger partial charge is 0.325 e. The van der Waals surface area contributed by atoms with Gasteiger partial charge in [0.2, 0.25) is 5.91 Å². The van der Waals surface area contributed by atoms with Crippen LogP contribution in [0.25, 0.3) is 0 Å². The molecule has 1 atom stereocenters. The zero-order valence-corrected chi connectivity index (χ0v) is 19.6. The van der Waals surface area contributed by atoms with Gasteiger partial charge in [0.15, 0.2) is 11.5 Å². The van der Waals surface area contributed by atoms with Crippen LogP contribution in [-0.2, 0) is 15.1 Å². The van der Waals surface area contributed by atoms with Gasteiger partial charge >= 0.3 is 6.03 Å². The average molecular weight is 454 g/mol. The van der Waals surface area contributed by atoms with E-state index in [2.05, 4.69) is 10.6 Å². The topological polar surface area (TPSA) is 97.0 Å². The van der Waals surface area contributed by atoms with Crippen LogP contribution in [0.1, 0.15) is 44.7 Å². The van der Waals surface area contributed by atoms with E-state index in [0.29, 0.717) is 36.0 Å². The van der Waals surface area contributed by atoms with E-state index in [0.717, 1.165) is 23.3 Å². The van der Waals surface area contributed by atoms with Crippen LogP contribution >= 0.6 is 0 Å². The molecule has 1 unspecified atom stereocenters. The number of hydrogen-bond acceptors (Lipinski definition) is 5. The summed E-state index contributed by atoms with van der Waals surface area (Å²) in [6.07, 6.45) is 1.69. The fourth-order valence-electron chi connectivity index (χ4n) is 3.51. The van der Waals surface area contributed by atoms with Crippen LogP contribution in [0.2, 0.25) is 0 Å². The maximum absolute atomic E-state index is 13.1. The Morgan fingerprint density at radius 3 is 2.27 bits per heavy atom. The number of urea groups is 1. The predicted octanol–water partition coefficient (Wildman–Crippen LogP) is 3.98. The van der Waals surface area contributed by atoms with Crippen LogP contribution in [0, 0.1) is 6.92 Å². The number of anilines is 1. The van der Waals surface area contributed by atoms with E-state index in [4.69, 9.17) is 9.47 Å². The number of hydrogen-bond donors (Lipinski definition) is 2. The van der Waals surface area contributed by atoms with Gasteiger partial charge in [0.25, 0.3) is 5.91 Å². The van der Waals surface area contributed by atoms with Crippen molar-refractivity contribution in [2.24, 2.45) is 0 Å². The molecule has 2 aromatic carbocycles. The molecule has 1 aliphatic heterocycles. The highest BCUT2D eigenvalue weighted by Gasteiger charge is 2.49. The molecule has 0 spiro atoms. The lowest BCUT2D eigenvalue weighted by Crippen LogP contribution is -2.42. The minimum atomic E-state index is -1.22. The lowest BCUT2D eigenvalue weighted by Gasteiger charge is -2.22. The molecule has 0 aliphatic carbocycles. The Labute approximate surface area is 194 Å². The van der Waals surface area contributed by atoms with Crippen molar-refractivity contribution in [1.82, 2.24) is 10.2 Å².